The van der Waals surface area contributed by atoms with Crippen LogP contribution in [0.4, 0.5) is 0 Å². The summed E-state index contributed by atoms with van der Waals surface area (Å²) in [6.45, 7) is 8.22. The molecule has 0 heterocycles. The molecule has 1 atom stereocenters. The van der Waals surface area contributed by atoms with Gasteiger partial charge in [0.05, 0.1) is 13.2 Å². The SMILES string of the molecule is C=CCOP(=O)(CCC)OCCC. The van der Waals surface area contributed by atoms with Crippen LogP contribution in [0.2, 0.25) is 0 Å². The van der Waals surface area contributed by atoms with Crippen molar-refractivity contribution in [2.75, 3.05) is 19.4 Å². The summed E-state index contributed by atoms with van der Waals surface area (Å²) in [5.74, 6) is 0. The zero-order valence-corrected chi connectivity index (χ0v) is 9.39. The van der Waals surface area contributed by atoms with Gasteiger partial charge < -0.3 is 9.05 Å². The standard InChI is InChI=1S/C9H19O3P/c1-4-7-11-13(10,9-6-3)12-8-5-2/h4H,1,5-9H2,2-3H3. The van der Waals surface area contributed by atoms with E-state index in [1.807, 2.05) is 13.8 Å². The molecule has 78 valence electrons. The van der Waals surface area contributed by atoms with Crippen molar-refractivity contribution in [2.45, 2.75) is 26.7 Å². The Hall–Kier alpha value is -0.110. The fourth-order valence-electron chi connectivity index (χ4n) is 0.837. The van der Waals surface area contributed by atoms with Gasteiger partial charge in [-0.1, -0.05) is 19.9 Å². The Balaban J connectivity index is 3.99. The first-order valence-corrected chi connectivity index (χ1v) is 6.40. The third-order valence-electron chi connectivity index (χ3n) is 1.38. The molecule has 0 bridgehead atoms. The average molecular weight is 206 g/mol. The van der Waals surface area contributed by atoms with E-state index in [4.69, 9.17) is 9.05 Å². The minimum atomic E-state index is -2.82. The molecule has 0 radical (unpaired) electrons. The van der Waals surface area contributed by atoms with Crippen LogP contribution in [0.1, 0.15) is 26.7 Å². The lowest BCUT2D eigenvalue weighted by molar-refractivity contribution is 0.219. The minimum Gasteiger partial charge on any atom is -0.309 e. The lowest BCUT2D eigenvalue weighted by atomic mass is 10.5. The topological polar surface area (TPSA) is 35.5 Å². The van der Waals surface area contributed by atoms with Gasteiger partial charge in [0.15, 0.2) is 0 Å². The lowest BCUT2D eigenvalue weighted by Gasteiger charge is -2.16. The second-order valence-electron chi connectivity index (χ2n) is 2.75. The summed E-state index contributed by atoms with van der Waals surface area (Å²) in [5.41, 5.74) is 0. The van der Waals surface area contributed by atoms with Crippen LogP contribution in [0.25, 0.3) is 0 Å². The Labute approximate surface area is 80.7 Å². The molecule has 3 nitrogen and oxygen atoms in total. The number of rotatable bonds is 8. The molecule has 0 aromatic heterocycles. The zero-order valence-electron chi connectivity index (χ0n) is 8.49. The van der Waals surface area contributed by atoms with Crippen molar-refractivity contribution in [1.82, 2.24) is 0 Å². The molecule has 0 saturated heterocycles. The molecular weight excluding hydrogens is 187 g/mol. The molecule has 0 aromatic rings. The van der Waals surface area contributed by atoms with Crippen molar-refractivity contribution in [3.8, 4) is 0 Å². The van der Waals surface area contributed by atoms with Gasteiger partial charge in [-0.05, 0) is 12.8 Å². The van der Waals surface area contributed by atoms with Crippen LogP contribution in [0, 0.1) is 0 Å². The first kappa shape index (κ1) is 12.9. The summed E-state index contributed by atoms with van der Waals surface area (Å²) in [7, 11) is -2.82. The van der Waals surface area contributed by atoms with Crippen molar-refractivity contribution in [1.29, 1.82) is 0 Å². The predicted octanol–water partition coefficient (Wildman–Crippen LogP) is 3.22. The molecule has 0 rings (SSSR count). The maximum Gasteiger partial charge on any atom is 0.330 e. The van der Waals surface area contributed by atoms with Crippen LogP contribution in [-0.2, 0) is 13.6 Å². The zero-order chi connectivity index (χ0) is 10.2. The van der Waals surface area contributed by atoms with Crippen LogP contribution in [-0.4, -0.2) is 19.4 Å². The van der Waals surface area contributed by atoms with Crippen LogP contribution in [0.15, 0.2) is 12.7 Å². The summed E-state index contributed by atoms with van der Waals surface area (Å²) in [5, 5.41) is 0. The number of hydrogen-bond donors (Lipinski definition) is 0. The fourth-order valence-corrected chi connectivity index (χ4v) is 2.51. The molecule has 0 N–H and O–H groups in total. The van der Waals surface area contributed by atoms with Gasteiger partial charge in [-0.2, -0.15) is 0 Å². The summed E-state index contributed by atoms with van der Waals surface area (Å²) in [6.07, 6.45) is 3.72. The second kappa shape index (κ2) is 7.31. The quantitative estimate of drug-likeness (QED) is 0.452. The maximum absolute atomic E-state index is 11.8. The molecule has 13 heavy (non-hydrogen) atoms. The van der Waals surface area contributed by atoms with E-state index in [9.17, 15) is 4.57 Å². The van der Waals surface area contributed by atoms with E-state index in [2.05, 4.69) is 6.58 Å². The van der Waals surface area contributed by atoms with Crippen molar-refractivity contribution < 1.29 is 13.6 Å². The van der Waals surface area contributed by atoms with Crippen molar-refractivity contribution in [2.24, 2.45) is 0 Å². The molecule has 0 amide bonds. The Morgan fingerprint density at radius 3 is 2.46 bits per heavy atom. The van der Waals surface area contributed by atoms with Gasteiger partial charge in [-0.3, -0.25) is 4.57 Å². The highest BCUT2D eigenvalue weighted by molar-refractivity contribution is 7.53. The molecule has 0 aliphatic rings. The third kappa shape index (κ3) is 6.03. The molecule has 0 aromatic carbocycles. The predicted molar refractivity (Wildman–Crippen MR) is 55.2 cm³/mol. The van der Waals surface area contributed by atoms with Gasteiger partial charge in [-0.15, -0.1) is 6.58 Å². The van der Waals surface area contributed by atoms with Gasteiger partial charge >= 0.3 is 7.60 Å². The van der Waals surface area contributed by atoms with Gasteiger partial charge in [-0.25, -0.2) is 0 Å². The smallest absolute Gasteiger partial charge is 0.309 e. The van der Waals surface area contributed by atoms with E-state index < -0.39 is 7.60 Å². The van der Waals surface area contributed by atoms with E-state index in [-0.39, 0.29) is 0 Å². The van der Waals surface area contributed by atoms with Crippen molar-refractivity contribution in [3.63, 3.8) is 0 Å². The van der Waals surface area contributed by atoms with Gasteiger partial charge in [0, 0.05) is 6.16 Å². The normalized spacial score (nSPS) is 15.2. The average Bonchev–Trinajstić information content (AvgIpc) is 2.12. The summed E-state index contributed by atoms with van der Waals surface area (Å²) in [6, 6.07) is 0. The Morgan fingerprint density at radius 1 is 1.31 bits per heavy atom. The lowest BCUT2D eigenvalue weighted by Crippen LogP contribution is -2.00. The van der Waals surface area contributed by atoms with Gasteiger partial charge in [0.25, 0.3) is 0 Å². The fraction of sp³-hybridized carbons (Fsp3) is 0.778. The highest BCUT2D eigenvalue weighted by Gasteiger charge is 2.21. The van der Waals surface area contributed by atoms with E-state index in [0.717, 1.165) is 12.8 Å². The minimum absolute atomic E-state index is 0.293. The highest BCUT2D eigenvalue weighted by Crippen LogP contribution is 2.48. The summed E-state index contributed by atoms with van der Waals surface area (Å²) < 4.78 is 22.2. The van der Waals surface area contributed by atoms with E-state index in [1.165, 1.54) is 0 Å². The molecule has 0 aliphatic carbocycles. The van der Waals surface area contributed by atoms with Gasteiger partial charge in [0.2, 0.25) is 0 Å². The van der Waals surface area contributed by atoms with Crippen molar-refractivity contribution in [3.05, 3.63) is 12.7 Å². The number of hydrogen-bond acceptors (Lipinski definition) is 3. The second-order valence-corrected chi connectivity index (χ2v) is 4.94. The largest absolute Gasteiger partial charge is 0.330 e. The Morgan fingerprint density at radius 2 is 2.00 bits per heavy atom. The molecule has 0 saturated carbocycles. The summed E-state index contributed by atoms with van der Waals surface area (Å²) >= 11 is 0. The molecule has 0 spiro atoms. The maximum atomic E-state index is 11.8. The Kier molecular flexibility index (Phi) is 7.25. The van der Waals surface area contributed by atoms with Gasteiger partial charge in [0.1, 0.15) is 0 Å². The van der Waals surface area contributed by atoms with E-state index in [1.54, 1.807) is 6.08 Å². The molecule has 4 heteroatoms. The van der Waals surface area contributed by atoms with Crippen LogP contribution in [0.5, 0.6) is 0 Å². The van der Waals surface area contributed by atoms with Crippen LogP contribution >= 0.6 is 7.60 Å². The molecule has 0 aliphatic heterocycles. The molecule has 1 unspecified atom stereocenters. The first-order chi connectivity index (χ1) is 6.18. The Bertz CT molecular complexity index is 180. The summed E-state index contributed by atoms with van der Waals surface area (Å²) in [4.78, 5) is 0. The third-order valence-corrected chi connectivity index (χ3v) is 3.49. The van der Waals surface area contributed by atoms with Crippen molar-refractivity contribution >= 4 is 7.60 Å². The monoisotopic (exact) mass is 206 g/mol. The molecule has 0 fully saturated rings. The van der Waals surface area contributed by atoms with E-state index >= 15 is 0 Å². The molecular formula is C9H19O3P. The van der Waals surface area contributed by atoms with Crippen LogP contribution < -0.4 is 0 Å². The highest BCUT2D eigenvalue weighted by atomic mass is 31.2. The van der Waals surface area contributed by atoms with E-state index in [0.29, 0.717) is 19.4 Å². The van der Waals surface area contributed by atoms with Crippen LogP contribution in [0.3, 0.4) is 0 Å². The first-order valence-electron chi connectivity index (χ1n) is 4.67.